The SMILES string of the molecule is COC(=O)c1ccc(COc2ccc(C)cc2Br)o1. The van der Waals surface area contributed by atoms with Crippen molar-refractivity contribution in [2.24, 2.45) is 0 Å². The Balaban J connectivity index is 2.02. The van der Waals surface area contributed by atoms with E-state index >= 15 is 0 Å². The average Bonchev–Trinajstić information content (AvgIpc) is 2.85. The molecule has 4 nitrogen and oxygen atoms in total. The van der Waals surface area contributed by atoms with Crippen LogP contribution in [-0.2, 0) is 11.3 Å². The zero-order valence-electron chi connectivity index (χ0n) is 10.6. The molecule has 0 aliphatic carbocycles. The Morgan fingerprint density at radius 2 is 2.11 bits per heavy atom. The van der Waals surface area contributed by atoms with Crippen LogP contribution in [0.1, 0.15) is 21.9 Å². The lowest BCUT2D eigenvalue weighted by Crippen LogP contribution is -1.99. The first-order chi connectivity index (χ1) is 9.10. The van der Waals surface area contributed by atoms with E-state index in [1.54, 1.807) is 12.1 Å². The lowest BCUT2D eigenvalue weighted by molar-refractivity contribution is 0.0561. The van der Waals surface area contributed by atoms with Crippen LogP contribution in [0.2, 0.25) is 0 Å². The van der Waals surface area contributed by atoms with Gasteiger partial charge in [0.1, 0.15) is 18.1 Å². The maximum Gasteiger partial charge on any atom is 0.373 e. The number of hydrogen-bond donors (Lipinski definition) is 0. The zero-order valence-corrected chi connectivity index (χ0v) is 12.2. The molecule has 0 amide bonds. The molecule has 0 fully saturated rings. The molecule has 0 aliphatic heterocycles. The van der Waals surface area contributed by atoms with Crippen LogP contribution in [0, 0.1) is 6.92 Å². The van der Waals surface area contributed by atoms with Gasteiger partial charge in [0.2, 0.25) is 5.76 Å². The highest BCUT2D eigenvalue weighted by Crippen LogP contribution is 2.26. The summed E-state index contributed by atoms with van der Waals surface area (Å²) in [6.07, 6.45) is 0. The summed E-state index contributed by atoms with van der Waals surface area (Å²) in [4.78, 5) is 11.2. The number of halogens is 1. The normalized spacial score (nSPS) is 10.3. The minimum Gasteiger partial charge on any atom is -0.484 e. The zero-order chi connectivity index (χ0) is 13.8. The molecule has 1 aromatic heterocycles. The molecule has 0 atom stereocenters. The quantitative estimate of drug-likeness (QED) is 0.804. The van der Waals surface area contributed by atoms with Crippen molar-refractivity contribution in [3.05, 3.63) is 51.9 Å². The van der Waals surface area contributed by atoms with Crippen LogP contribution in [0.4, 0.5) is 0 Å². The fourth-order valence-electron chi connectivity index (χ4n) is 1.54. The lowest BCUT2D eigenvalue weighted by Gasteiger charge is -2.07. The van der Waals surface area contributed by atoms with E-state index in [2.05, 4.69) is 20.7 Å². The van der Waals surface area contributed by atoms with Crippen LogP contribution in [0.5, 0.6) is 5.75 Å². The monoisotopic (exact) mass is 324 g/mol. The van der Waals surface area contributed by atoms with Crippen molar-refractivity contribution < 1.29 is 18.7 Å². The Kier molecular flexibility index (Phi) is 4.27. The van der Waals surface area contributed by atoms with Gasteiger partial charge in [0.15, 0.2) is 0 Å². The molecule has 2 rings (SSSR count). The molecule has 19 heavy (non-hydrogen) atoms. The van der Waals surface area contributed by atoms with Gasteiger partial charge in [-0.1, -0.05) is 6.07 Å². The van der Waals surface area contributed by atoms with Gasteiger partial charge in [-0.3, -0.25) is 0 Å². The molecule has 0 saturated carbocycles. The first-order valence-electron chi connectivity index (χ1n) is 5.66. The summed E-state index contributed by atoms with van der Waals surface area (Å²) >= 11 is 3.43. The predicted octanol–water partition coefficient (Wildman–Crippen LogP) is 3.72. The lowest BCUT2D eigenvalue weighted by atomic mass is 10.2. The van der Waals surface area contributed by atoms with Gasteiger partial charge in [-0.2, -0.15) is 0 Å². The van der Waals surface area contributed by atoms with E-state index in [-0.39, 0.29) is 12.4 Å². The maximum absolute atomic E-state index is 11.2. The van der Waals surface area contributed by atoms with Crippen LogP contribution in [0.15, 0.2) is 39.2 Å². The minimum absolute atomic E-state index is 0.170. The van der Waals surface area contributed by atoms with Crippen molar-refractivity contribution in [2.75, 3.05) is 7.11 Å². The molecule has 0 radical (unpaired) electrons. The Morgan fingerprint density at radius 3 is 2.79 bits per heavy atom. The molecule has 0 unspecified atom stereocenters. The average molecular weight is 325 g/mol. The number of ether oxygens (including phenoxy) is 2. The molecular formula is C14H13BrO4. The first kappa shape index (κ1) is 13.7. The molecule has 1 aromatic carbocycles. The van der Waals surface area contributed by atoms with E-state index < -0.39 is 5.97 Å². The first-order valence-corrected chi connectivity index (χ1v) is 6.45. The number of hydrogen-bond acceptors (Lipinski definition) is 4. The van der Waals surface area contributed by atoms with Crippen LogP contribution in [0.3, 0.4) is 0 Å². The number of aryl methyl sites for hydroxylation is 1. The van der Waals surface area contributed by atoms with E-state index in [4.69, 9.17) is 9.15 Å². The number of rotatable bonds is 4. The van der Waals surface area contributed by atoms with Crippen LogP contribution in [0.25, 0.3) is 0 Å². The maximum atomic E-state index is 11.2. The summed E-state index contributed by atoms with van der Waals surface area (Å²) in [6.45, 7) is 2.25. The summed E-state index contributed by atoms with van der Waals surface area (Å²) in [5.41, 5.74) is 1.14. The van der Waals surface area contributed by atoms with Crippen LogP contribution >= 0.6 is 15.9 Å². The smallest absolute Gasteiger partial charge is 0.373 e. The van der Waals surface area contributed by atoms with Gasteiger partial charge in [-0.15, -0.1) is 0 Å². The van der Waals surface area contributed by atoms with Crippen molar-refractivity contribution in [2.45, 2.75) is 13.5 Å². The van der Waals surface area contributed by atoms with Crippen molar-refractivity contribution in [3.8, 4) is 5.75 Å². The van der Waals surface area contributed by atoms with Gasteiger partial charge in [0.25, 0.3) is 0 Å². The number of carbonyl (C=O) groups is 1. The minimum atomic E-state index is -0.497. The van der Waals surface area contributed by atoms with Gasteiger partial charge in [-0.25, -0.2) is 4.79 Å². The Bertz CT molecular complexity index is 589. The highest BCUT2D eigenvalue weighted by molar-refractivity contribution is 9.10. The Labute approximate surface area is 119 Å². The van der Waals surface area contributed by atoms with E-state index in [1.165, 1.54) is 7.11 Å². The van der Waals surface area contributed by atoms with Gasteiger partial charge >= 0.3 is 5.97 Å². The third-order valence-electron chi connectivity index (χ3n) is 2.51. The second kappa shape index (κ2) is 5.93. The third-order valence-corrected chi connectivity index (χ3v) is 3.13. The summed E-state index contributed by atoms with van der Waals surface area (Å²) in [5, 5.41) is 0. The fourth-order valence-corrected chi connectivity index (χ4v) is 2.15. The van der Waals surface area contributed by atoms with E-state index in [0.717, 1.165) is 15.8 Å². The molecule has 0 spiro atoms. The van der Waals surface area contributed by atoms with Crippen LogP contribution < -0.4 is 4.74 Å². The molecular weight excluding hydrogens is 312 g/mol. The number of carbonyl (C=O) groups excluding carboxylic acids is 1. The Morgan fingerprint density at radius 1 is 1.32 bits per heavy atom. The number of benzene rings is 1. The number of furan rings is 1. The number of esters is 1. The van der Waals surface area contributed by atoms with Crippen molar-refractivity contribution in [1.82, 2.24) is 0 Å². The predicted molar refractivity (Wildman–Crippen MR) is 73.3 cm³/mol. The number of methoxy groups -OCH3 is 1. The molecule has 100 valence electrons. The molecule has 5 heteroatoms. The van der Waals surface area contributed by atoms with Gasteiger partial charge in [-0.05, 0) is 52.7 Å². The van der Waals surface area contributed by atoms with E-state index in [0.29, 0.717) is 5.76 Å². The van der Waals surface area contributed by atoms with Gasteiger partial charge in [0, 0.05) is 0 Å². The summed E-state index contributed by atoms with van der Waals surface area (Å²) < 4.78 is 16.4. The topological polar surface area (TPSA) is 48.7 Å². The molecule has 0 saturated heterocycles. The highest BCUT2D eigenvalue weighted by Gasteiger charge is 2.11. The standard InChI is InChI=1S/C14H13BrO4/c1-9-3-5-12(11(15)7-9)18-8-10-4-6-13(19-10)14(16)17-2/h3-7H,8H2,1-2H3. The van der Waals surface area contributed by atoms with Gasteiger partial charge in [0.05, 0.1) is 11.6 Å². The summed E-state index contributed by atoms with van der Waals surface area (Å²) in [6, 6.07) is 9.06. The molecule has 0 N–H and O–H groups in total. The highest BCUT2D eigenvalue weighted by atomic mass is 79.9. The second-order valence-electron chi connectivity index (χ2n) is 3.98. The van der Waals surface area contributed by atoms with Gasteiger partial charge < -0.3 is 13.9 Å². The van der Waals surface area contributed by atoms with Crippen molar-refractivity contribution in [1.29, 1.82) is 0 Å². The fraction of sp³-hybridized carbons (Fsp3) is 0.214. The molecule has 0 aliphatic rings. The summed E-state index contributed by atoms with van der Waals surface area (Å²) in [7, 11) is 1.31. The molecule has 0 bridgehead atoms. The Hall–Kier alpha value is -1.75. The van der Waals surface area contributed by atoms with Crippen molar-refractivity contribution in [3.63, 3.8) is 0 Å². The molecule has 1 heterocycles. The third kappa shape index (κ3) is 3.38. The largest absolute Gasteiger partial charge is 0.484 e. The summed E-state index contributed by atoms with van der Waals surface area (Å²) in [5.74, 6) is 0.960. The van der Waals surface area contributed by atoms with Crippen LogP contribution in [-0.4, -0.2) is 13.1 Å². The second-order valence-corrected chi connectivity index (χ2v) is 4.83. The van der Waals surface area contributed by atoms with Crippen molar-refractivity contribution >= 4 is 21.9 Å². The molecule has 2 aromatic rings. The van der Waals surface area contributed by atoms with E-state index in [1.807, 2.05) is 25.1 Å². The van der Waals surface area contributed by atoms with E-state index in [9.17, 15) is 4.79 Å².